The zero-order valence-corrected chi connectivity index (χ0v) is 16.4. The highest BCUT2D eigenvalue weighted by molar-refractivity contribution is 6.33. The third kappa shape index (κ3) is 4.74. The SMILES string of the molecule is COc1c(C)cc(CN(C)C(C)C(=O)Nc2ccc(F)cc2Cl)cc1C. The molecule has 4 nitrogen and oxygen atoms in total. The van der Waals surface area contributed by atoms with Gasteiger partial charge in [-0.3, -0.25) is 9.69 Å². The second-order valence-corrected chi connectivity index (χ2v) is 6.87. The van der Waals surface area contributed by atoms with Gasteiger partial charge in [0, 0.05) is 6.54 Å². The van der Waals surface area contributed by atoms with E-state index in [-0.39, 0.29) is 17.0 Å². The minimum atomic E-state index is -0.441. The second kappa shape index (κ2) is 8.52. The summed E-state index contributed by atoms with van der Waals surface area (Å²) < 4.78 is 18.5. The predicted molar refractivity (Wildman–Crippen MR) is 103 cm³/mol. The lowest BCUT2D eigenvalue weighted by atomic mass is 10.0. The number of amides is 1. The third-order valence-corrected chi connectivity index (χ3v) is 4.70. The summed E-state index contributed by atoms with van der Waals surface area (Å²) in [5.41, 5.74) is 3.62. The number of anilines is 1. The van der Waals surface area contributed by atoms with E-state index in [0.29, 0.717) is 12.2 Å². The van der Waals surface area contributed by atoms with Crippen molar-refractivity contribution in [1.82, 2.24) is 4.90 Å². The van der Waals surface area contributed by atoms with Crippen LogP contribution in [-0.4, -0.2) is 31.0 Å². The van der Waals surface area contributed by atoms with Gasteiger partial charge in [-0.2, -0.15) is 0 Å². The molecule has 0 spiro atoms. The number of halogens is 2. The van der Waals surface area contributed by atoms with Crippen LogP contribution in [0.1, 0.15) is 23.6 Å². The van der Waals surface area contributed by atoms with Crippen LogP contribution < -0.4 is 10.1 Å². The summed E-state index contributed by atoms with van der Waals surface area (Å²) in [4.78, 5) is 14.4. The van der Waals surface area contributed by atoms with Gasteiger partial charge in [-0.15, -0.1) is 0 Å². The second-order valence-electron chi connectivity index (χ2n) is 6.47. The number of nitrogens with zero attached hydrogens (tertiary/aromatic N) is 1. The fourth-order valence-electron chi connectivity index (χ4n) is 2.91. The van der Waals surface area contributed by atoms with Crippen LogP contribution in [0.2, 0.25) is 5.02 Å². The highest BCUT2D eigenvalue weighted by Gasteiger charge is 2.20. The number of nitrogens with one attached hydrogen (secondary N) is 1. The van der Waals surface area contributed by atoms with Gasteiger partial charge in [0.15, 0.2) is 0 Å². The van der Waals surface area contributed by atoms with Crippen molar-refractivity contribution < 1.29 is 13.9 Å². The molecule has 0 fully saturated rings. The van der Waals surface area contributed by atoms with Crippen LogP contribution in [0.3, 0.4) is 0 Å². The maximum Gasteiger partial charge on any atom is 0.241 e. The van der Waals surface area contributed by atoms with Gasteiger partial charge in [-0.25, -0.2) is 4.39 Å². The maximum atomic E-state index is 13.1. The van der Waals surface area contributed by atoms with E-state index in [2.05, 4.69) is 17.4 Å². The number of benzene rings is 2. The number of hydrogen-bond donors (Lipinski definition) is 1. The van der Waals surface area contributed by atoms with E-state index in [1.807, 2.05) is 32.7 Å². The molecule has 0 aromatic heterocycles. The van der Waals surface area contributed by atoms with Crippen LogP contribution in [0.25, 0.3) is 0 Å². The van der Waals surface area contributed by atoms with Crippen molar-refractivity contribution >= 4 is 23.2 Å². The fraction of sp³-hybridized carbons (Fsp3) is 0.350. The summed E-state index contributed by atoms with van der Waals surface area (Å²) in [5, 5.41) is 2.92. The molecule has 2 aromatic rings. The van der Waals surface area contributed by atoms with Crippen molar-refractivity contribution in [3.8, 4) is 5.75 Å². The Morgan fingerprint density at radius 3 is 2.42 bits per heavy atom. The van der Waals surface area contributed by atoms with Crippen LogP contribution in [0.15, 0.2) is 30.3 Å². The molecule has 0 bridgehead atoms. The molecule has 2 aromatic carbocycles. The van der Waals surface area contributed by atoms with Gasteiger partial charge in [-0.05, 0) is 62.7 Å². The largest absolute Gasteiger partial charge is 0.496 e. The van der Waals surface area contributed by atoms with E-state index in [1.165, 1.54) is 18.2 Å². The van der Waals surface area contributed by atoms with Crippen molar-refractivity contribution in [3.05, 3.63) is 57.9 Å². The van der Waals surface area contributed by atoms with E-state index >= 15 is 0 Å². The number of hydrogen-bond acceptors (Lipinski definition) is 3. The lowest BCUT2D eigenvalue weighted by Gasteiger charge is -2.25. The van der Waals surface area contributed by atoms with Crippen molar-refractivity contribution in [2.45, 2.75) is 33.4 Å². The summed E-state index contributed by atoms with van der Waals surface area (Å²) in [6, 6.07) is 7.62. The van der Waals surface area contributed by atoms with Crippen LogP contribution in [0, 0.1) is 19.7 Å². The Labute approximate surface area is 158 Å². The minimum absolute atomic E-state index is 0.176. The van der Waals surface area contributed by atoms with E-state index in [4.69, 9.17) is 16.3 Å². The average Bonchev–Trinajstić information content (AvgIpc) is 2.56. The molecule has 0 saturated heterocycles. The molecule has 1 unspecified atom stereocenters. The lowest BCUT2D eigenvalue weighted by molar-refractivity contribution is -0.120. The lowest BCUT2D eigenvalue weighted by Crippen LogP contribution is -2.39. The summed E-state index contributed by atoms with van der Waals surface area (Å²) in [5.74, 6) is 0.236. The first-order valence-electron chi connectivity index (χ1n) is 8.33. The molecule has 2 rings (SSSR count). The topological polar surface area (TPSA) is 41.6 Å². The molecule has 0 heterocycles. The Kier molecular flexibility index (Phi) is 6.62. The first-order chi connectivity index (χ1) is 12.2. The average molecular weight is 379 g/mol. The van der Waals surface area contributed by atoms with Crippen molar-refractivity contribution in [2.75, 3.05) is 19.5 Å². The monoisotopic (exact) mass is 378 g/mol. The van der Waals surface area contributed by atoms with Crippen molar-refractivity contribution in [1.29, 1.82) is 0 Å². The Morgan fingerprint density at radius 2 is 1.88 bits per heavy atom. The molecule has 0 radical (unpaired) electrons. The third-order valence-electron chi connectivity index (χ3n) is 4.39. The number of likely N-dealkylation sites (N-methyl/N-ethyl adjacent to an activating group) is 1. The van der Waals surface area contributed by atoms with Gasteiger partial charge >= 0.3 is 0 Å². The Morgan fingerprint density at radius 1 is 1.27 bits per heavy atom. The summed E-state index contributed by atoms with van der Waals surface area (Å²) in [7, 11) is 3.54. The number of methoxy groups -OCH3 is 1. The Bertz CT molecular complexity index is 787. The fourth-order valence-corrected chi connectivity index (χ4v) is 3.12. The molecule has 1 amide bonds. The highest BCUT2D eigenvalue weighted by atomic mass is 35.5. The molecule has 0 aliphatic rings. The maximum absolute atomic E-state index is 13.1. The van der Waals surface area contributed by atoms with Gasteiger partial charge in [0.1, 0.15) is 11.6 Å². The van der Waals surface area contributed by atoms with Crippen molar-refractivity contribution in [2.24, 2.45) is 0 Å². The Balaban J connectivity index is 2.06. The smallest absolute Gasteiger partial charge is 0.241 e. The van der Waals surface area contributed by atoms with Crippen molar-refractivity contribution in [3.63, 3.8) is 0 Å². The van der Waals surface area contributed by atoms with Crippen LogP contribution in [0.4, 0.5) is 10.1 Å². The first-order valence-corrected chi connectivity index (χ1v) is 8.71. The number of aryl methyl sites for hydroxylation is 2. The zero-order valence-electron chi connectivity index (χ0n) is 15.7. The summed E-state index contributed by atoms with van der Waals surface area (Å²) >= 11 is 5.97. The van der Waals surface area contributed by atoms with Crippen LogP contribution in [0.5, 0.6) is 5.75 Å². The number of rotatable bonds is 6. The minimum Gasteiger partial charge on any atom is -0.496 e. The standard InChI is InChI=1S/C20H24ClFN2O2/c1-12-8-15(9-13(2)19(12)26-5)11-24(4)14(3)20(25)23-18-7-6-16(22)10-17(18)21/h6-10,14H,11H2,1-5H3,(H,23,25). The van der Waals surface area contributed by atoms with Gasteiger partial charge in [0.05, 0.1) is 23.9 Å². The van der Waals surface area contributed by atoms with E-state index in [0.717, 1.165) is 22.4 Å². The molecule has 0 saturated carbocycles. The molecule has 1 atom stereocenters. The Hall–Kier alpha value is -2.11. The molecule has 6 heteroatoms. The van der Waals surface area contributed by atoms with E-state index in [9.17, 15) is 9.18 Å². The molecular formula is C20H24ClFN2O2. The molecule has 0 aliphatic heterocycles. The highest BCUT2D eigenvalue weighted by Crippen LogP contribution is 2.26. The molecule has 140 valence electrons. The van der Waals surface area contributed by atoms with Crippen LogP contribution in [-0.2, 0) is 11.3 Å². The summed E-state index contributed by atoms with van der Waals surface area (Å²) in [6.45, 7) is 6.43. The first kappa shape index (κ1) is 20.2. The van der Waals surface area contributed by atoms with Crippen LogP contribution >= 0.6 is 11.6 Å². The normalized spacial score (nSPS) is 12.2. The number of carbonyl (C=O) groups is 1. The van der Waals surface area contributed by atoms with Gasteiger partial charge < -0.3 is 10.1 Å². The number of ether oxygens (including phenoxy) is 1. The molecule has 26 heavy (non-hydrogen) atoms. The number of carbonyl (C=O) groups excluding carboxylic acids is 1. The molecular weight excluding hydrogens is 355 g/mol. The summed E-state index contributed by atoms with van der Waals surface area (Å²) in [6.07, 6.45) is 0. The van der Waals surface area contributed by atoms with E-state index < -0.39 is 5.82 Å². The molecule has 0 aliphatic carbocycles. The van der Waals surface area contributed by atoms with Gasteiger partial charge in [-0.1, -0.05) is 23.7 Å². The van der Waals surface area contributed by atoms with Gasteiger partial charge in [0.2, 0.25) is 5.91 Å². The quantitative estimate of drug-likeness (QED) is 0.800. The molecule has 1 N–H and O–H groups in total. The predicted octanol–water partition coefficient (Wildman–Crippen LogP) is 4.56. The van der Waals surface area contributed by atoms with E-state index in [1.54, 1.807) is 7.11 Å². The zero-order chi connectivity index (χ0) is 19.4. The van der Waals surface area contributed by atoms with Gasteiger partial charge in [0.25, 0.3) is 0 Å².